The SMILES string of the molecule is c1cc(-c2ccc3c4ccccc4c4ccccc4c3c2)cc(-c2cccc3c2sc2ccccc23)c1.c1ccc(-c2cccc3c2sc2c(-c4cccc(-c5cccc6c5sc5c(-c7ccc8c9ccccc9c9ccccc9c8c7)cccc56)c4)cccc23)cc1. The minimum Gasteiger partial charge on any atom is -0.135 e. The van der Waals surface area contributed by atoms with Crippen LogP contribution in [0, 0.1) is 0 Å². The van der Waals surface area contributed by atoms with Crippen LogP contribution in [0.2, 0.25) is 0 Å². The molecule has 0 aliphatic rings. The predicted octanol–water partition coefficient (Wildman–Crippen LogP) is 27.4. The average molecular weight is 1230 g/mol. The van der Waals surface area contributed by atoms with Crippen LogP contribution in [-0.2, 0) is 0 Å². The quantitative estimate of drug-likeness (QED) is 0.146. The van der Waals surface area contributed by atoms with Gasteiger partial charge in [-0.25, -0.2) is 0 Å². The molecule has 0 aliphatic heterocycles. The molecule has 3 heterocycles. The van der Waals surface area contributed by atoms with E-state index in [1.165, 1.54) is 192 Å². The highest BCUT2D eigenvalue weighted by molar-refractivity contribution is 7.27. The molecule has 17 aromatic carbocycles. The van der Waals surface area contributed by atoms with E-state index in [9.17, 15) is 0 Å². The lowest BCUT2D eigenvalue weighted by Crippen LogP contribution is -1.86. The van der Waals surface area contributed by atoms with Crippen LogP contribution >= 0.6 is 34.0 Å². The number of fused-ring (bicyclic) bond motifs is 21. The lowest BCUT2D eigenvalue weighted by atomic mass is 9.91. The van der Waals surface area contributed by atoms with Gasteiger partial charge in [0.1, 0.15) is 0 Å². The molecule has 0 saturated heterocycles. The van der Waals surface area contributed by atoms with Crippen LogP contribution in [0.1, 0.15) is 0 Å². The molecule has 3 aromatic heterocycles. The van der Waals surface area contributed by atoms with Crippen molar-refractivity contribution in [3.05, 3.63) is 328 Å². The van der Waals surface area contributed by atoms with Gasteiger partial charge in [-0.05, 0) is 162 Å². The smallest absolute Gasteiger partial charge is 0.0434 e. The molecule has 3 heteroatoms. The van der Waals surface area contributed by atoms with Gasteiger partial charge in [0.2, 0.25) is 0 Å². The first-order valence-electron chi connectivity index (χ1n) is 31.9. The molecular formula is C90H54S3. The van der Waals surface area contributed by atoms with Crippen LogP contribution in [-0.4, -0.2) is 0 Å². The fourth-order valence-electron chi connectivity index (χ4n) is 15.0. The van der Waals surface area contributed by atoms with Gasteiger partial charge in [-0.2, -0.15) is 0 Å². The molecule has 0 nitrogen and oxygen atoms in total. The molecule has 20 aromatic rings. The van der Waals surface area contributed by atoms with Gasteiger partial charge in [0.15, 0.2) is 0 Å². The summed E-state index contributed by atoms with van der Waals surface area (Å²) < 4.78 is 8.04. The number of hydrogen-bond donors (Lipinski definition) is 0. The van der Waals surface area contributed by atoms with Crippen molar-refractivity contribution in [1.29, 1.82) is 0 Å². The van der Waals surface area contributed by atoms with Crippen molar-refractivity contribution in [3.63, 3.8) is 0 Å². The van der Waals surface area contributed by atoms with Crippen LogP contribution in [0.5, 0.6) is 0 Å². The molecule has 0 atom stereocenters. The molecule has 0 N–H and O–H groups in total. The van der Waals surface area contributed by atoms with Crippen molar-refractivity contribution in [2.24, 2.45) is 0 Å². The van der Waals surface area contributed by atoms with Crippen molar-refractivity contribution in [2.45, 2.75) is 0 Å². The topological polar surface area (TPSA) is 0 Å². The average Bonchev–Trinajstić information content (AvgIpc) is 1.61. The summed E-state index contributed by atoms with van der Waals surface area (Å²) in [5.41, 5.74) is 15.2. The fourth-order valence-corrected chi connectivity index (χ4v) is 19.0. The van der Waals surface area contributed by atoms with Crippen LogP contribution in [0.25, 0.3) is 192 Å². The van der Waals surface area contributed by atoms with Gasteiger partial charge in [0.25, 0.3) is 0 Å². The Kier molecular flexibility index (Phi) is 12.6. The molecular weight excluding hydrogens is 1180 g/mol. The molecule has 0 aliphatic carbocycles. The zero-order chi connectivity index (χ0) is 61.1. The minimum atomic E-state index is 1.24. The molecule has 0 amide bonds. The Morgan fingerprint density at radius 3 is 0.806 bits per heavy atom. The van der Waals surface area contributed by atoms with Gasteiger partial charge in [-0.1, -0.05) is 297 Å². The van der Waals surface area contributed by atoms with Gasteiger partial charge >= 0.3 is 0 Å². The van der Waals surface area contributed by atoms with Crippen LogP contribution in [0.15, 0.2) is 328 Å². The summed E-state index contributed by atoms with van der Waals surface area (Å²) in [4.78, 5) is 0. The molecule has 0 fully saturated rings. The highest BCUT2D eigenvalue weighted by atomic mass is 32.1. The van der Waals surface area contributed by atoms with E-state index in [0.29, 0.717) is 0 Å². The number of thiophene rings is 3. The van der Waals surface area contributed by atoms with Gasteiger partial charge in [0, 0.05) is 60.5 Å². The molecule has 20 rings (SSSR count). The van der Waals surface area contributed by atoms with Crippen molar-refractivity contribution in [3.8, 4) is 66.8 Å². The third-order valence-corrected chi connectivity index (χ3v) is 23.1. The van der Waals surface area contributed by atoms with Crippen molar-refractivity contribution < 1.29 is 0 Å². The lowest BCUT2D eigenvalue weighted by molar-refractivity contribution is 1.63. The zero-order valence-corrected chi connectivity index (χ0v) is 52.9. The van der Waals surface area contributed by atoms with Gasteiger partial charge in [-0.15, -0.1) is 34.0 Å². The van der Waals surface area contributed by atoms with E-state index in [1.54, 1.807) is 0 Å². The Hall–Kier alpha value is -11.0. The Balaban J connectivity index is 0.000000144. The van der Waals surface area contributed by atoms with Gasteiger partial charge in [-0.3, -0.25) is 0 Å². The van der Waals surface area contributed by atoms with E-state index in [4.69, 9.17) is 0 Å². The second-order valence-corrected chi connectivity index (χ2v) is 27.5. The largest absolute Gasteiger partial charge is 0.135 e. The zero-order valence-electron chi connectivity index (χ0n) is 50.4. The molecule has 0 bridgehead atoms. The maximum absolute atomic E-state index is 2.42. The lowest BCUT2D eigenvalue weighted by Gasteiger charge is -2.12. The van der Waals surface area contributed by atoms with E-state index in [2.05, 4.69) is 328 Å². The number of hydrogen-bond acceptors (Lipinski definition) is 3. The first-order valence-corrected chi connectivity index (χ1v) is 34.3. The highest BCUT2D eigenvalue weighted by Gasteiger charge is 2.20. The Bertz CT molecular complexity index is 6360. The minimum absolute atomic E-state index is 1.24. The van der Waals surface area contributed by atoms with E-state index in [0.717, 1.165) is 0 Å². The standard InChI is InChI=1S/C54H32S2.C36H22S/c1-2-13-33(14-3-1)37-21-9-25-46-47-26-10-22-38(52(47)55-51(37)46)34-15-8-16-35(31-34)39-23-11-27-48-49-28-12-24-40(54(49)56-53(39)48)36-29-30-45-43-19-5-4-17-41(43)42-18-6-7-20-44(42)50(45)32-36;1-2-13-29-27(11-1)28-12-3-4-14-30(28)34-22-24(19-20-31(29)34)23-9-7-10-25(21-23)26-16-8-17-33-32-15-5-6-18-35(32)37-36(26)33/h1-32H;1-22H. The summed E-state index contributed by atoms with van der Waals surface area (Å²) in [7, 11) is 0. The van der Waals surface area contributed by atoms with Crippen LogP contribution in [0.3, 0.4) is 0 Å². The molecule has 0 saturated carbocycles. The summed E-state index contributed by atoms with van der Waals surface area (Å²) in [6.45, 7) is 0. The van der Waals surface area contributed by atoms with Crippen molar-refractivity contribution in [2.75, 3.05) is 0 Å². The molecule has 93 heavy (non-hydrogen) atoms. The van der Waals surface area contributed by atoms with Crippen LogP contribution < -0.4 is 0 Å². The highest BCUT2D eigenvalue weighted by Crippen LogP contribution is 2.49. The number of benzene rings is 17. The van der Waals surface area contributed by atoms with Crippen molar-refractivity contribution >= 4 is 159 Å². The summed E-state index contributed by atoms with van der Waals surface area (Å²) >= 11 is 5.73. The summed E-state index contributed by atoms with van der Waals surface area (Å²) in [6.07, 6.45) is 0. The molecule has 432 valence electrons. The predicted molar refractivity (Wildman–Crippen MR) is 409 cm³/mol. The maximum Gasteiger partial charge on any atom is 0.0434 e. The normalized spacial score (nSPS) is 11.9. The fraction of sp³-hybridized carbons (Fsp3) is 0. The molecule has 0 radical (unpaired) electrons. The van der Waals surface area contributed by atoms with Gasteiger partial charge < -0.3 is 0 Å². The Labute approximate surface area is 549 Å². The second kappa shape index (κ2) is 21.8. The summed E-state index contributed by atoms with van der Waals surface area (Å²) in [5.74, 6) is 0. The second-order valence-electron chi connectivity index (χ2n) is 24.4. The first kappa shape index (κ1) is 53.8. The van der Waals surface area contributed by atoms with E-state index in [1.807, 2.05) is 34.0 Å². The molecule has 0 spiro atoms. The Morgan fingerprint density at radius 1 is 0.129 bits per heavy atom. The monoisotopic (exact) mass is 1230 g/mol. The Morgan fingerprint density at radius 2 is 0.376 bits per heavy atom. The van der Waals surface area contributed by atoms with E-state index in [-0.39, 0.29) is 0 Å². The number of rotatable bonds is 6. The molecule has 0 unspecified atom stereocenters. The first-order chi connectivity index (χ1) is 46.1. The summed E-state index contributed by atoms with van der Waals surface area (Å²) in [5, 5.41) is 23.6. The third-order valence-electron chi connectivity index (χ3n) is 19.3. The van der Waals surface area contributed by atoms with Crippen LogP contribution in [0.4, 0.5) is 0 Å². The summed E-state index contributed by atoms with van der Waals surface area (Å²) in [6, 6.07) is 121. The van der Waals surface area contributed by atoms with Crippen molar-refractivity contribution in [1.82, 2.24) is 0 Å². The maximum atomic E-state index is 2.42. The van der Waals surface area contributed by atoms with E-state index >= 15 is 0 Å². The van der Waals surface area contributed by atoms with E-state index < -0.39 is 0 Å². The third kappa shape index (κ3) is 8.77. The van der Waals surface area contributed by atoms with Gasteiger partial charge in [0.05, 0.1) is 0 Å².